The molecule has 3 rings (SSSR count). The van der Waals surface area contributed by atoms with E-state index in [1.807, 2.05) is 0 Å². The Kier molecular flexibility index (Phi) is 1.43. The van der Waals surface area contributed by atoms with Crippen molar-refractivity contribution in [2.75, 3.05) is 0 Å². The second-order valence-electron chi connectivity index (χ2n) is 4.29. The van der Waals surface area contributed by atoms with Crippen molar-refractivity contribution < 1.29 is 0 Å². The van der Waals surface area contributed by atoms with Crippen LogP contribution >= 0.6 is 0 Å². The summed E-state index contributed by atoms with van der Waals surface area (Å²) >= 11 is 2.47. The minimum absolute atomic E-state index is 0.786. The molecule has 0 N–H and O–H groups in total. The summed E-state index contributed by atoms with van der Waals surface area (Å²) in [6, 6.07) is 0. The Hall–Kier alpha value is 0.597. The Morgan fingerprint density at radius 2 is 1.44 bits per heavy atom. The zero-order chi connectivity index (χ0) is 6.32. The van der Waals surface area contributed by atoms with Crippen LogP contribution in [0, 0.1) is 5.92 Å². The van der Waals surface area contributed by atoms with E-state index < -0.39 is 0 Å². The van der Waals surface area contributed by atoms with Crippen LogP contribution in [0.1, 0.15) is 38.5 Å². The topological polar surface area (TPSA) is 0 Å². The second-order valence-corrected chi connectivity index (χ2v) is 4.29. The van der Waals surface area contributed by atoms with Crippen molar-refractivity contribution in [3.8, 4) is 0 Å². The molecule has 3 aliphatic rings. The van der Waals surface area contributed by atoms with E-state index in [0.29, 0.717) is 0 Å². The van der Waals surface area contributed by atoms with Crippen LogP contribution in [-0.4, -0.2) is 17.7 Å². The first-order valence-electron chi connectivity index (χ1n) is 4.29. The summed E-state index contributed by atoms with van der Waals surface area (Å²) in [5, 5.41) is 0. The van der Waals surface area contributed by atoms with Crippen LogP contribution in [0.4, 0.5) is 0 Å². The van der Waals surface area contributed by atoms with E-state index in [-0.39, 0.29) is 0 Å². The summed E-state index contributed by atoms with van der Waals surface area (Å²) in [5.41, 5.74) is 0. The summed E-state index contributed by atoms with van der Waals surface area (Å²) in [7, 11) is 0. The normalized spacial score (nSPS) is 49.8. The van der Waals surface area contributed by atoms with Crippen LogP contribution in [-0.2, 0) is 0 Å². The van der Waals surface area contributed by atoms with E-state index in [1.165, 1.54) is 38.5 Å². The molecule has 0 aromatic carbocycles. The molecule has 46 valence electrons. The van der Waals surface area contributed by atoms with Gasteiger partial charge in [0.05, 0.1) is 0 Å². The van der Waals surface area contributed by atoms with E-state index >= 15 is 0 Å². The molecule has 0 saturated heterocycles. The van der Waals surface area contributed by atoms with Crippen molar-refractivity contribution in [3.05, 3.63) is 0 Å². The van der Waals surface area contributed by atoms with Crippen LogP contribution < -0.4 is 0 Å². The molecule has 0 heterocycles. The van der Waals surface area contributed by atoms with Gasteiger partial charge in [-0.15, -0.1) is 0 Å². The number of rotatable bonds is 0. The van der Waals surface area contributed by atoms with Crippen molar-refractivity contribution in [3.63, 3.8) is 0 Å². The van der Waals surface area contributed by atoms with E-state index in [9.17, 15) is 0 Å². The van der Waals surface area contributed by atoms with Gasteiger partial charge in [-0.3, -0.25) is 0 Å². The van der Waals surface area contributed by atoms with Crippen LogP contribution in [0.3, 0.4) is 0 Å². The Labute approximate surface area is 66.6 Å². The van der Waals surface area contributed by atoms with Gasteiger partial charge < -0.3 is 0 Å². The molecule has 0 aromatic heterocycles. The molecule has 0 amide bonds. The molecule has 0 radical (unpaired) electrons. The SMILES string of the molecule is [Li][C]12CCC(CC1)CC2. The third-order valence-corrected chi connectivity index (χ3v) is 3.47. The predicted molar refractivity (Wildman–Crippen MR) is 39.6 cm³/mol. The fraction of sp³-hybridized carbons (Fsp3) is 1.00. The molecule has 9 heavy (non-hydrogen) atoms. The van der Waals surface area contributed by atoms with Gasteiger partial charge in [-0.25, -0.2) is 0 Å². The van der Waals surface area contributed by atoms with Crippen molar-refractivity contribution >= 4 is 17.7 Å². The maximum atomic E-state index is 2.47. The molecular formula is C8H13Li. The molecule has 0 atom stereocenters. The monoisotopic (exact) mass is 116 g/mol. The average molecular weight is 116 g/mol. The quantitative estimate of drug-likeness (QED) is 0.426. The third kappa shape index (κ3) is 1.08. The third-order valence-electron chi connectivity index (χ3n) is 3.47. The van der Waals surface area contributed by atoms with Gasteiger partial charge >= 0.3 is 66.2 Å². The first-order chi connectivity index (χ1) is 4.29. The van der Waals surface area contributed by atoms with Gasteiger partial charge in [0.1, 0.15) is 0 Å². The van der Waals surface area contributed by atoms with Gasteiger partial charge in [0.25, 0.3) is 0 Å². The first kappa shape index (κ1) is 6.32. The van der Waals surface area contributed by atoms with Crippen molar-refractivity contribution in [1.82, 2.24) is 0 Å². The number of hydrogen-bond acceptors (Lipinski definition) is 0. The first-order valence-corrected chi connectivity index (χ1v) is 4.29. The maximum absolute atomic E-state index is 2.47. The molecule has 3 saturated carbocycles. The van der Waals surface area contributed by atoms with Crippen molar-refractivity contribution in [2.45, 2.75) is 42.6 Å². The summed E-state index contributed by atoms with van der Waals surface area (Å²) in [6.45, 7) is 0. The van der Waals surface area contributed by atoms with Crippen LogP contribution in [0.2, 0.25) is 4.09 Å². The summed E-state index contributed by atoms with van der Waals surface area (Å²) in [5.74, 6) is 1.13. The van der Waals surface area contributed by atoms with Crippen molar-refractivity contribution in [2.24, 2.45) is 5.92 Å². The van der Waals surface area contributed by atoms with Crippen LogP contribution in [0.25, 0.3) is 0 Å². The minimum atomic E-state index is 0.786. The van der Waals surface area contributed by atoms with Gasteiger partial charge in [-0.1, -0.05) is 0 Å². The second kappa shape index (κ2) is 2.04. The standard InChI is InChI=1S/C8H13.Li/c1-2-8-5-3-7(1)4-6-8;/h7H,1-6H2;. The molecule has 0 unspecified atom stereocenters. The molecule has 3 fully saturated rings. The van der Waals surface area contributed by atoms with Gasteiger partial charge in [0, 0.05) is 0 Å². The fourth-order valence-electron chi connectivity index (χ4n) is 2.47. The Bertz CT molecular complexity index is 98.0. The summed E-state index contributed by atoms with van der Waals surface area (Å²) in [4.78, 5) is 0. The molecule has 2 bridgehead atoms. The van der Waals surface area contributed by atoms with Gasteiger partial charge in [0.2, 0.25) is 0 Å². The van der Waals surface area contributed by atoms with E-state index in [4.69, 9.17) is 0 Å². The molecule has 0 nitrogen and oxygen atoms in total. The molecule has 0 aromatic rings. The predicted octanol–water partition coefficient (Wildman–Crippen LogP) is 2.30. The Morgan fingerprint density at radius 1 is 1.00 bits per heavy atom. The van der Waals surface area contributed by atoms with E-state index in [0.717, 1.165) is 10.0 Å². The Morgan fingerprint density at radius 3 is 1.67 bits per heavy atom. The Balaban J connectivity index is 2.11. The fourth-order valence-corrected chi connectivity index (χ4v) is 2.47. The molecule has 0 aliphatic heterocycles. The molecule has 0 spiro atoms. The van der Waals surface area contributed by atoms with E-state index in [1.54, 1.807) is 0 Å². The molecule has 1 heteroatoms. The van der Waals surface area contributed by atoms with Gasteiger partial charge in [-0.05, 0) is 0 Å². The zero-order valence-corrected chi connectivity index (χ0v) is 6.32. The summed E-state index contributed by atoms with van der Waals surface area (Å²) < 4.78 is 0.786. The van der Waals surface area contributed by atoms with Gasteiger partial charge in [0.15, 0.2) is 0 Å². The average Bonchev–Trinajstić information content (AvgIpc) is 1.90. The zero-order valence-electron chi connectivity index (χ0n) is 6.32. The number of hydrogen-bond donors (Lipinski definition) is 0. The van der Waals surface area contributed by atoms with Crippen LogP contribution in [0.5, 0.6) is 0 Å². The molecular weight excluding hydrogens is 103 g/mol. The summed E-state index contributed by atoms with van der Waals surface area (Å²) in [6.07, 6.45) is 9.19. The van der Waals surface area contributed by atoms with Crippen molar-refractivity contribution in [1.29, 1.82) is 0 Å². The van der Waals surface area contributed by atoms with E-state index in [2.05, 4.69) is 17.7 Å². The number of fused-ring (bicyclic) bond motifs is 3. The molecule has 3 aliphatic carbocycles. The van der Waals surface area contributed by atoms with Crippen LogP contribution in [0.15, 0.2) is 0 Å². The van der Waals surface area contributed by atoms with Gasteiger partial charge in [-0.2, -0.15) is 0 Å².